The van der Waals surface area contributed by atoms with Crippen LogP contribution in [0.2, 0.25) is 10.0 Å². The summed E-state index contributed by atoms with van der Waals surface area (Å²) in [6.45, 7) is 0.652. The van der Waals surface area contributed by atoms with E-state index in [4.69, 9.17) is 23.2 Å². The third-order valence-electron chi connectivity index (χ3n) is 10.7. The van der Waals surface area contributed by atoms with Gasteiger partial charge < -0.3 is 10.6 Å². The van der Waals surface area contributed by atoms with Gasteiger partial charge in [0.2, 0.25) is 20.0 Å². The van der Waals surface area contributed by atoms with Crippen LogP contribution >= 0.6 is 23.2 Å². The van der Waals surface area contributed by atoms with Crippen molar-refractivity contribution in [2.75, 3.05) is 23.7 Å². The number of sulfonamides is 2. The largest absolute Gasteiger partial charge is 0.354 e. The van der Waals surface area contributed by atoms with E-state index in [-0.39, 0.29) is 76.7 Å². The van der Waals surface area contributed by atoms with E-state index in [0.717, 1.165) is 64.2 Å². The zero-order valence-electron chi connectivity index (χ0n) is 29.6. The summed E-state index contributed by atoms with van der Waals surface area (Å²) in [4.78, 5) is 28.8. The fourth-order valence-corrected chi connectivity index (χ4v) is 10.6. The first-order valence-corrected chi connectivity index (χ1v) is 22.1. The molecule has 4 aromatic rings. The highest BCUT2D eigenvalue weighted by Gasteiger charge is 2.36. The average Bonchev–Trinajstić information content (AvgIpc) is 3.18. The molecule has 0 aliphatic heterocycles. The smallest absolute Gasteiger partial charge is 0.242 e. The maximum Gasteiger partial charge on any atom is 0.242 e. The van der Waals surface area contributed by atoms with E-state index < -0.39 is 31.6 Å². The summed E-state index contributed by atoms with van der Waals surface area (Å²) in [7, 11) is -7.93. The van der Waals surface area contributed by atoms with E-state index in [2.05, 4.69) is 20.1 Å². The van der Waals surface area contributed by atoms with Crippen molar-refractivity contribution in [3.05, 3.63) is 105 Å². The second-order valence-corrected chi connectivity index (χ2v) is 18.6. The molecular weight excluding hydrogens is 768 g/mol. The third kappa shape index (κ3) is 8.10. The Labute approximate surface area is 326 Å². The van der Waals surface area contributed by atoms with Gasteiger partial charge in [0, 0.05) is 24.2 Å². The predicted molar refractivity (Wildman–Crippen MR) is 213 cm³/mol. The van der Waals surface area contributed by atoms with Crippen LogP contribution < -0.4 is 20.1 Å². The minimum Gasteiger partial charge on any atom is -0.354 e. The third-order valence-corrected chi connectivity index (χ3v) is 14.4. The molecule has 0 amide bonds. The first-order chi connectivity index (χ1) is 25.9. The normalized spacial score (nSPS) is 16.9. The fourth-order valence-electron chi connectivity index (χ4n) is 7.77. The van der Waals surface area contributed by atoms with Gasteiger partial charge in [0.05, 0.1) is 43.9 Å². The van der Waals surface area contributed by atoms with E-state index in [1.54, 1.807) is 48.5 Å². The van der Waals surface area contributed by atoms with Crippen LogP contribution in [0.1, 0.15) is 96.1 Å². The number of nitrogens with one attached hydrogen (secondary N) is 4. The predicted octanol–water partition coefficient (Wildman–Crippen LogP) is 8.97. The van der Waals surface area contributed by atoms with Gasteiger partial charge in [-0.3, -0.25) is 9.59 Å². The molecule has 0 heterocycles. The lowest BCUT2D eigenvalue weighted by Crippen LogP contribution is -2.31. The molecule has 0 unspecified atom stereocenters. The van der Waals surface area contributed by atoms with Gasteiger partial charge in [-0.15, -0.1) is 0 Å². The van der Waals surface area contributed by atoms with Crippen LogP contribution in [0.4, 0.5) is 22.7 Å². The molecule has 4 N–H and O–H groups in total. The number of ketones is 2. The molecule has 3 aliphatic rings. The summed E-state index contributed by atoms with van der Waals surface area (Å²) in [6.07, 6.45) is 10.5. The Bertz CT molecular complexity index is 2160. The molecule has 54 heavy (non-hydrogen) atoms. The van der Waals surface area contributed by atoms with Crippen LogP contribution in [-0.2, 0) is 20.0 Å². The number of para-hydroxylation sites is 2. The molecule has 10 nitrogen and oxygen atoms in total. The zero-order valence-corrected chi connectivity index (χ0v) is 32.7. The Hall–Kier alpha value is -3.78. The highest BCUT2D eigenvalue weighted by Crippen LogP contribution is 2.42. The second-order valence-electron chi connectivity index (χ2n) is 14.3. The lowest BCUT2D eigenvalue weighted by Gasteiger charge is -2.25. The minimum absolute atomic E-state index is 0.0126. The van der Waals surface area contributed by atoms with Crippen LogP contribution in [0, 0.1) is 11.8 Å². The summed E-state index contributed by atoms with van der Waals surface area (Å²) < 4.78 is 60.2. The molecule has 2 fully saturated rings. The van der Waals surface area contributed by atoms with Gasteiger partial charge in [-0.05, 0) is 86.1 Å². The molecule has 284 valence electrons. The van der Waals surface area contributed by atoms with Crippen molar-refractivity contribution < 1.29 is 26.4 Å². The molecule has 0 spiro atoms. The molecule has 4 aromatic carbocycles. The van der Waals surface area contributed by atoms with Crippen LogP contribution in [-0.4, -0.2) is 41.5 Å². The number of anilines is 4. The van der Waals surface area contributed by atoms with Crippen molar-refractivity contribution in [3.8, 4) is 0 Å². The minimum atomic E-state index is -3.97. The van der Waals surface area contributed by atoms with Gasteiger partial charge >= 0.3 is 0 Å². The Morgan fingerprint density at radius 3 is 1.28 bits per heavy atom. The van der Waals surface area contributed by atoms with Crippen molar-refractivity contribution in [2.24, 2.45) is 11.8 Å². The number of carbonyl (C=O) groups excluding carboxylic acids is 2. The number of carbonyl (C=O) groups is 2. The Balaban J connectivity index is 1.26. The molecule has 0 atom stereocenters. The van der Waals surface area contributed by atoms with E-state index >= 15 is 0 Å². The first-order valence-electron chi connectivity index (χ1n) is 18.4. The molecular formula is C40H42Cl2N4O6S2. The van der Waals surface area contributed by atoms with Crippen LogP contribution in [0.3, 0.4) is 0 Å². The number of fused-ring (bicyclic) bond motifs is 2. The maximum atomic E-state index is 14.4. The standard InChI is InChI=1S/C40H42Cl2N4O6S2/c41-29-21-27-28(22-30(29)42)40(48)38-34(46-32-16-8-10-18-36(32)54(51,52)44-24-26-13-5-2-6-14-26)20-19-33(37(38)39(27)47)45-31-15-7-9-17-35(31)53(49,50)43-23-25-11-3-1-4-12-25/h7-10,15-22,25-26,43-46H,1-6,11-14,23-24H2. The van der Waals surface area contributed by atoms with Gasteiger partial charge in [-0.25, -0.2) is 26.3 Å². The Morgan fingerprint density at radius 1 is 0.519 bits per heavy atom. The molecule has 14 heteroatoms. The lowest BCUT2D eigenvalue weighted by molar-refractivity contribution is 0.0980. The highest BCUT2D eigenvalue weighted by molar-refractivity contribution is 7.90. The van der Waals surface area contributed by atoms with Crippen molar-refractivity contribution in [2.45, 2.75) is 74.0 Å². The fraction of sp³-hybridized carbons (Fsp3) is 0.350. The molecule has 3 aliphatic carbocycles. The van der Waals surface area contributed by atoms with Crippen molar-refractivity contribution in [1.29, 1.82) is 0 Å². The Kier molecular flexibility index (Phi) is 11.5. The molecule has 0 bridgehead atoms. The number of rotatable bonds is 12. The highest BCUT2D eigenvalue weighted by atomic mass is 35.5. The van der Waals surface area contributed by atoms with Crippen LogP contribution in [0.25, 0.3) is 0 Å². The molecule has 7 rings (SSSR count). The Morgan fingerprint density at radius 2 is 0.889 bits per heavy atom. The van der Waals surface area contributed by atoms with Gasteiger partial charge in [-0.1, -0.05) is 86.0 Å². The topological polar surface area (TPSA) is 151 Å². The van der Waals surface area contributed by atoms with Crippen molar-refractivity contribution in [3.63, 3.8) is 0 Å². The number of hydrogen-bond donors (Lipinski definition) is 4. The first kappa shape index (κ1) is 38.5. The molecule has 0 saturated heterocycles. The summed E-state index contributed by atoms with van der Waals surface area (Å²) >= 11 is 12.7. The lowest BCUT2D eigenvalue weighted by atomic mass is 9.82. The molecule has 0 aromatic heterocycles. The SMILES string of the molecule is O=C1c2cc(Cl)c(Cl)cc2C(=O)c2c(Nc3ccccc3S(=O)(=O)NCC3CCCCC3)ccc(Nc3ccccc3S(=O)(=O)NCC3CCCCC3)c21. The van der Waals surface area contributed by atoms with E-state index in [9.17, 15) is 26.4 Å². The maximum absolute atomic E-state index is 14.4. The second kappa shape index (κ2) is 16.1. The van der Waals surface area contributed by atoms with Crippen LogP contribution in [0.5, 0.6) is 0 Å². The van der Waals surface area contributed by atoms with E-state index in [1.807, 2.05) is 0 Å². The van der Waals surface area contributed by atoms with Crippen LogP contribution in [0.15, 0.2) is 82.6 Å². The zero-order chi connectivity index (χ0) is 38.0. The van der Waals surface area contributed by atoms with E-state index in [0.29, 0.717) is 13.1 Å². The average molecular weight is 810 g/mol. The van der Waals surface area contributed by atoms with Gasteiger partial charge in [-0.2, -0.15) is 0 Å². The number of halogens is 2. The van der Waals surface area contributed by atoms with Gasteiger partial charge in [0.15, 0.2) is 11.6 Å². The summed E-state index contributed by atoms with van der Waals surface area (Å²) in [5.41, 5.74) is 0.766. The summed E-state index contributed by atoms with van der Waals surface area (Å²) in [6, 6.07) is 18.6. The summed E-state index contributed by atoms with van der Waals surface area (Å²) in [5.74, 6) is -0.569. The van der Waals surface area contributed by atoms with Crippen molar-refractivity contribution in [1.82, 2.24) is 9.44 Å². The molecule has 2 saturated carbocycles. The van der Waals surface area contributed by atoms with E-state index in [1.165, 1.54) is 24.3 Å². The van der Waals surface area contributed by atoms with Crippen molar-refractivity contribution >= 4 is 77.6 Å². The summed E-state index contributed by atoms with van der Waals surface area (Å²) in [5, 5.41) is 6.46. The van der Waals surface area contributed by atoms with Gasteiger partial charge in [0.1, 0.15) is 9.79 Å². The number of benzene rings is 4. The quantitative estimate of drug-likeness (QED) is 0.0976. The monoisotopic (exact) mass is 808 g/mol. The number of hydrogen-bond acceptors (Lipinski definition) is 8. The van der Waals surface area contributed by atoms with Gasteiger partial charge in [0.25, 0.3) is 0 Å². The molecule has 0 radical (unpaired) electrons.